The minimum atomic E-state index is -0.633. The lowest BCUT2D eigenvalue weighted by molar-refractivity contribution is 0.459. The number of halogens is 4. The summed E-state index contributed by atoms with van der Waals surface area (Å²) >= 11 is 2.89. The van der Waals surface area contributed by atoms with Crippen molar-refractivity contribution >= 4 is 21.6 Å². The summed E-state index contributed by atoms with van der Waals surface area (Å²) in [5.74, 6) is -2.06. The maximum atomic E-state index is 13.7. The number of rotatable bonds is 3. The van der Waals surface area contributed by atoms with Gasteiger partial charge in [0.1, 0.15) is 23.2 Å². The fourth-order valence-corrected chi connectivity index (χ4v) is 2.14. The van der Waals surface area contributed by atoms with Crippen LogP contribution in [-0.4, -0.2) is 5.11 Å². The van der Waals surface area contributed by atoms with Gasteiger partial charge >= 0.3 is 0 Å². The van der Waals surface area contributed by atoms with Crippen molar-refractivity contribution in [1.82, 2.24) is 0 Å². The molecule has 0 bridgehead atoms. The van der Waals surface area contributed by atoms with E-state index in [9.17, 15) is 18.3 Å². The minimum absolute atomic E-state index is 0.0258. The highest BCUT2D eigenvalue weighted by molar-refractivity contribution is 9.10. The molecule has 0 heterocycles. The first-order chi connectivity index (χ1) is 9.38. The molecule has 0 amide bonds. The first kappa shape index (κ1) is 14.7. The summed E-state index contributed by atoms with van der Waals surface area (Å²) in [5, 5.41) is 12.4. The average Bonchev–Trinajstić information content (AvgIpc) is 2.35. The predicted molar refractivity (Wildman–Crippen MR) is 74.2 cm³/mol. The summed E-state index contributed by atoms with van der Waals surface area (Å²) in [7, 11) is 0. The first-order valence-electron chi connectivity index (χ1n) is 5.78. The zero-order valence-corrected chi connectivity index (χ0v) is 12.0. The highest BCUT2D eigenvalue weighted by atomic mass is 79.9. The van der Waals surface area contributed by atoms with Gasteiger partial charge in [-0.25, -0.2) is 13.2 Å². The molecule has 6 heteroatoms. The van der Waals surface area contributed by atoms with E-state index in [0.717, 1.165) is 18.2 Å². The summed E-state index contributed by atoms with van der Waals surface area (Å²) in [5.41, 5.74) is 0.344. The standard InChI is InChI=1S/C14H11BrF3NO/c1-7(9-3-2-8(16)4-14(9)20)19-13-6-11(17)10(15)5-12(13)18/h2-7,19-20H,1H3. The Bertz CT molecular complexity index is 649. The van der Waals surface area contributed by atoms with Gasteiger partial charge in [-0.05, 0) is 35.0 Å². The molecule has 0 spiro atoms. The fraction of sp³-hybridized carbons (Fsp3) is 0.143. The van der Waals surface area contributed by atoms with E-state index in [1.165, 1.54) is 12.1 Å². The Morgan fingerprint density at radius 1 is 1.10 bits per heavy atom. The molecule has 2 nitrogen and oxygen atoms in total. The van der Waals surface area contributed by atoms with Crippen LogP contribution in [0.3, 0.4) is 0 Å². The van der Waals surface area contributed by atoms with E-state index in [-0.39, 0.29) is 15.9 Å². The molecule has 2 aromatic carbocycles. The predicted octanol–water partition coefficient (Wildman–Crippen LogP) is 4.75. The molecule has 0 aliphatic rings. The Balaban J connectivity index is 2.27. The maximum absolute atomic E-state index is 13.7. The lowest BCUT2D eigenvalue weighted by Crippen LogP contribution is -2.09. The number of hydrogen-bond acceptors (Lipinski definition) is 2. The maximum Gasteiger partial charge on any atom is 0.147 e. The summed E-state index contributed by atoms with van der Waals surface area (Å²) < 4.78 is 40.0. The van der Waals surface area contributed by atoms with Gasteiger partial charge < -0.3 is 10.4 Å². The average molecular weight is 346 g/mol. The van der Waals surface area contributed by atoms with Crippen LogP contribution in [0, 0.1) is 17.5 Å². The number of benzene rings is 2. The molecule has 0 radical (unpaired) electrons. The second kappa shape index (κ2) is 5.75. The van der Waals surface area contributed by atoms with Crippen LogP contribution in [0.25, 0.3) is 0 Å². The quantitative estimate of drug-likeness (QED) is 0.787. The van der Waals surface area contributed by atoms with E-state index in [4.69, 9.17) is 0 Å². The molecule has 0 aliphatic carbocycles. The topological polar surface area (TPSA) is 32.3 Å². The van der Waals surface area contributed by atoms with Crippen molar-refractivity contribution in [2.75, 3.05) is 5.32 Å². The van der Waals surface area contributed by atoms with Crippen molar-refractivity contribution in [3.05, 3.63) is 57.8 Å². The van der Waals surface area contributed by atoms with Crippen LogP contribution < -0.4 is 5.32 Å². The van der Waals surface area contributed by atoms with Gasteiger partial charge in [0.15, 0.2) is 0 Å². The van der Waals surface area contributed by atoms with Gasteiger partial charge in [-0.2, -0.15) is 0 Å². The molecule has 106 valence electrons. The number of phenolic OH excluding ortho intramolecular Hbond substituents is 1. The number of hydrogen-bond donors (Lipinski definition) is 2. The molecule has 0 saturated carbocycles. The third-order valence-electron chi connectivity index (χ3n) is 2.84. The molecule has 2 N–H and O–H groups in total. The van der Waals surface area contributed by atoms with Gasteiger partial charge in [-0.1, -0.05) is 6.07 Å². The summed E-state index contributed by atoms with van der Waals surface area (Å²) in [6.07, 6.45) is 0. The number of anilines is 1. The summed E-state index contributed by atoms with van der Waals surface area (Å²) in [4.78, 5) is 0. The lowest BCUT2D eigenvalue weighted by Gasteiger charge is -2.17. The Hall–Kier alpha value is -1.69. The minimum Gasteiger partial charge on any atom is -0.507 e. The molecule has 1 unspecified atom stereocenters. The van der Waals surface area contributed by atoms with Gasteiger partial charge in [0.25, 0.3) is 0 Å². The highest BCUT2D eigenvalue weighted by Crippen LogP contribution is 2.30. The molecule has 2 aromatic rings. The van der Waals surface area contributed by atoms with Gasteiger partial charge in [0.2, 0.25) is 0 Å². The number of aromatic hydroxyl groups is 1. The van der Waals surface area contributed by atoms with Crippen LogP contribution in [0.4, 0.5) is 18.9 Å². The largest absolute Gasteiger partial charge is 0.507 e. The molecular weight excluding hydrogens is 335 g/mol. The van der Waals surface area contributed by atoms with Crippen molar-refractivity contribution in [3.63, 3.8) is 0 Å². The molecule has 2 rings (SSSR count). The number of phenols is 1. The zero-order valence-electron chi connectivity index (χ0n) is 10.4. The Morgan fingerprint density at radius 3 is 2.45 bits per heavy atom. The first-order valence-corrected chi connectivity index (χ1v) is 6.57. The van der Waals surface area contributed by atoms with Gasteiger partial charge in [-0.3, -0.25) is 0 Å². The molecule has 1 atom stereocenters. The third-order valence-corrected chi connectivity index (χ3v) is 3.45. The molecule has 0 fully saturated rings. The smallest absolute Gasteiger partial charge is 0.147 e. The van der Waals surface area contributed by atoms with E-state index < -0.39 is 23.5 Å². The second-order valence-corrected chi connectivity index (χ2v) is 5.17. The van der Waals surface area contributed by atoms with Crippen LogP contribution in [0.1, 0.15) is 18.5 Å². The van der Waals surface area contributed by atoms with Gasteiger partial charge in [-0.15, -0.1) is 0 Å². The fourth-order valence-electron chi connectivity index (χ4n) is 1.83. The van der Waals surface area contributed by atoms with Crippen LogP contribution in [0.2, 0.25) is 0 Å². The molecule has 0 saturated heterocycles. The van der Waals surface area contributed by atoms with Crippen LogP contribution in [0.15, 0.2) is 34.8 Å². The Morgan fingerprint density at radius 2 is 1.80 bits per heavy atom. The number of nitrogens with one attached hydrogen (secondary N) is 1. The lowest BCUT2D eigenvalue weighted by atomic mass is 10.1. The van der Waals surface area contributed by atoms with Crippen molar-refractivity contribution in [1.29, 1.82) is 0 Å². The Labute approximate surface area is 122 Å². The van der Waals surface area contributed by atoms with E-state index in [1.54, 1.807) is 6.92 Å². The van der Waals surface area contributed by atoms with E-state index in [1.807, 2.05) is 0 Å². The van der Waals surface area contributed by atoms with Gasteiger partial charge in [0.05, 0.1) is 16.2 Å². The normalized spacial score (nSPS) is 12.2. The molecule has 0 aliphatic heterocycles. The van der Waals surface area contributed by atoms with Crippen molar-refractivity contribution in [3.8, 4) is 5.75 Å². The summed E-state index contributed by atoms with van der Waals surface area (Å²) in [6, 6.07) is 5.03. The SMILES string of the molecule is CC(Nc1cc(F)c(Br)cc1F)c1ccc(F)cc1O. The van der Waals surface area contributed by atoms with Gasteiger partial charge in [0, 0.05) is 17.7 Å². The van der Waals surface area contributed by atoms with Crippen molar-refractivity contribution in [2.45, 2.75) is 13.0 Å². The van der Waals surface area contributed by atoms with E-state index >= 15 is 0 Å². The van der Waals surface area contributed by atoms with E-state index in [2.05, 4.69) is 21.2 Å². The molecular formula is C14H11BrF3NO. The molecule has 0 aromatic heterocycles. The summed E-state index contributed by atoms with van der Waals surface area (Å²) in [6.45, 7) is 1.65. The third kappa shape index (κ3) is 3.07. The molecule has 20 heavy (non-hydrogen) atoms. The van der Waals surface area contributed by atoms with Crippen molar-refractivity contribution < 1.29 is 18.3 Å². The van der Waals surface area contributed by atoms with Crippen LogP contribution in [0.5, 0.6) is 5.75 Å². The zero-order chi connectivity index (χ0) is 14.9. The van der Waals surface area contributed by atoms with Crippen molar-refractivity contribution in [2.24, 2.45) is 0 Å². The van der Waals surface area contributed by atoms with E-state index in [0.29, 0.717) is 5.56 Å². The second-order valence-electron chi connectivity index (χ2n) is 4.32. The Kier molecular flexibility index (Phi) is 4.23. The monoisotopic (exact) mass is 345 g/mol. The van der Waals surface area contributed by atoms with Crippen LogP contribution in [-0.2, 0) is 0 Å². The van der Waals surface area contributed by atoms with Crippen LogP contribution >= 0.6 is 15.9 Å². The highest BCUT2D eigenvalue weighted by Gasteiger charge is 2.14.